The van der Waals surface area contributed by atoms with Crippen LogP contribution in [0.4, 0.5) is 0 Å². The molecule has 1 heterocycles. The predicted octanol–water partition coefficient (Wildman–Crippen LogP) is 2.40. The van der Waals surface area contributed by atoms with E-state index in [4.69, 9.17) is 9.47 Å². The van der Waals surface area contributed by atoms with E-state index in [9.17, 15) is 0 Å². The lowest BCUT2D eigenvalue weighted by Gasteiger charge is -2.26. The van der Waals surface area contributed by atoms with Gasteiger partial charge in [-0.1, -0.05) is 30.8 Å². The minimum atomic E-state index is 0.309. The van der Waals surface area contributed by atoms with Crippen molar-refractivity contribution in [1.82, 2.24) is 5.32 Å². The minimum Gasteiger partial charge on any atom is -0.502 e. The molecule has 0 saturated carbocycles. The molecule has 3 nitrogen and oxygen atoms in total. The molecular weight excluding hydrogens is 214 g/mol. The minimum absolute atomic E-state index is 0.309. The smallest absolute Gasteiger partial charge is 0.0885 e. The molecule has 0 bridgehead atoms. The molecule has 1 aromatic carbocycles. The van der Waals surface area contributed by atoms with Crippen molar-refractivity contribution >= 4 is 0 Å². The molecule has 0 amide bonds. The van der Waals surface area contributed by atoms with E-state index in [1.54, 1.807) is 0 Å². The van der Waals surface area contributed by atoms with Crippen molar-refractivity contribution in [2.75, 3.05) is 19.8 Å². The lowest BCUT2D eigenvalue weighted by Crippen LogP contribution is -2.30. The van der Waals surface area contributed by atoms with Gasteiger partial charge in [0.1, 0.15) is 0 Å². The first-order valence-electron chi connectivity index (χ1n) is 6.03. The van der Waals surface area contributed by atoms with Crippen LogP contribution in [0.2, 0.25) is 0 Å². The zero-order valence-electron chi connectivity index (χ0n) is 10.0. The summed E-state index contributed by atoms with van der Waals surface area (Å²) in [5.41, 5.74) is 2.65. The van der Waals surface area contributed by atoms with E-state index in [0.717, 1.165) is 26.2 Å². The highest BCUT2D eigenvalue weighted by molar-refractivity contribution is 5.30. The molecule has 1 unspecified atom stereocenters. The second-order valence-electron chi connectivity index (χ2n) is 4.11. The summed E-state index contributed by atoms with van der Waals surface area (Å²) in [7, 11) is 0. The Labute approximate surface area is 102 Å². The van der Waals surface area contributed by atoms with Crippen molar-refractivity contribution in [3.8, 4) is 0 Å². The van der Waals surface area contributed by atoms with Gasteiger partial charge in [-0.2, -0.15) is 0 Å². The maximum atomic E-state index is 5.58. The van der Waals surface area contributed by atoms with Crippen LogP contribution < -0.4 is 5.32 Å². The fourth-order valence-electron chi connectivity index (χ4n) is 2.07. The molecule has 1 aromatic rings. The van der Waals surface area contributed by atoms with Gasteiger partial charge in [0.25, 0.3) is 0 Å². The second kappa shape index (κ2) is 6.42. The standard InChI is InChI=1S/C14H19NO2/c1-2-16-9-5-8-15-14-11-17-10-12-6-3-4-7-13(12)14/h2-4,6-7,14-15H,1,5,8-11H2. The lowest BCUT2D eigenvalue weighted by molar-refractivity contribution is 0.0815. The van der Waals surface area contributed by atoms with E-state index < -0.39 is 0 Å². The summed E-state index contributed by atoms with van der Waals surface area (Å²) in [6.07, 6.45) is 2.46. The van der Waals surface area contributed by atoms with Crippen LogP contribution in [0, 0.1) is 0 Å². The Kier molecular flexibility index (Phi) is 4.59. The molecule has 0 saturated heterocycles. The second-order valence-corrected chi connectivity index (χ2v) is 4.11. The van der Waals surface area contributed by atoms with Crippen molar-refractivity contribution in [2.24, 2.45) is 0 Å². The van der Waals surface area contributed by atoms with E-state index in [0.29, 0.717) is 12.6 Å². The molecule has 0 spiro atoms. The molecule has 1 atom stereocenters. The Hall–Kier alpha value is -1.32. The van der Waals surface area contributed by atoms with Crippen LogP contribution in [-0.4, -0.2) is 19.8 Å². The molecule has 2 rings (SSSR count). The van der Waals surface area contributed by atoms with Crippen molar-refractivity contribution in [1.29, 1.82) is 0 Å². The third-order valence-electron chi connectivity index (χ3n) is 2.92. The molecule has 0 aliphatic carbocycles. The van der Waals surface area contributed by atoms with Crippen molar-refractivity contribution in [3.63, 3.8) is 0 Å². The third-order valence-corrected chi connectivity index (χ3v) is 2.92. The fourth-order valence-corrected chi connectivity index (χ4v) is 2.07. The third kappa shape index (κ3) is 3.32. The quantitative estimate of drug-likeness (QED) is 0.604. The van der Waals surface area contributed by atoms with E-state index in [1.807, 2.05) is 0 Å². The first-order chi connectivity index (χ1) is 8.42. The Balaban J connectivity index is 1.84. The summed E-state index contributed by atoms with van der Waals surface area (Å²) < 4.78 is 10.7. The van der Waals surface area contributed by atoms with Crippen LogP contribution in [0.3, 0.4) is 0 Å². The van der Waals surface area contributed by atoms with Crippen molar-refractivity contribution in [2.45, 2.75) is 19.1 Å². The summed E-state index contributed by atoms with van der Waals surface area (Å²) in [4.78, 5) is 0. The summed E-state index contributed by atoms with van der Waals surface area (Å²) in [5.74, 6) is 0. The highest BCUT2D eigenvalue weighted by atomic mass is 16.5. The molecule has 17 heavy (non-hydrogen) atoms. The predicted molar refractivity (Wildman–Crippen MR) is 67.6 cm³/mol. The monoisotopic (exact) mass is 233 g/mol. The lowest BCUT2D eigenvalue weighted by atomic mass is 9.99. The summed E-state index contributed by atoms with van der Waals surface area (Å²) in [6, 6.07) is 8.76. The van der Waals surface area contributed by atoms with Gasteiger partial charge in [0.05, 0.1) is 32.1 Å². The van der Waals surface area contributed by atoms with Gasteiger partial charge in [0.15, 0.2) is 0 Å². The van der Waals surface area contributed by atoms with Crippen LogP contribution in [0.5, 0.6) is 0 Å². The summed E-state index contributed by atoms with van der Waals surface area (Å²) in [5, 5.41) is 3.50. The molecule has 0 fully saturated rings. The SMILES string of the molecule is C=COCCCNC1COCc2ccccc21. The normalized spacial score (nSPS) is 18.5. The van der Waals surface area contributed by atoms with Gasteiger partial charge in [0.2, 0.25) is 0 Å². The largest absolute Gasteiger partial charge is 0.502 e. The first kappa shape index (κ1) is 12.1. The van der Waals surface area contributed by atoms with Crippen molar-refractivity contribution < 1.29 is 9.47 Å². The van der Waals surface area contributed by atoms with Gasteiger partial charge in [-0.05, 0) is 24.1 Å². The zero-order valence-corrected chi connectivity index (χ0v) is 10.0. The highest BCUT2D eigenvalue weighted by Crippen LogP contribution is 2.24. The van der Waals surface area contributed by atoms with Gasteiger partial charge < -0.3 is 14.8 Å². The molecule has 3 heteroatoms. The number of hydrogen-bond donors (Lipinski definition) is 1. The Morgan fingerprint density at radius 2 is 2.35 bits per heavy atom. The molecule has 1 aliphatic heterocycles. The Morgan fingerprint density at radius 1 is 1.47 bits per heavy atom. The van der Waals surface area contributed by atoms with Gasteiger partial charge in [0, 0.05) is 0 Å². The number of ether oxygens (including phenoxy) is 2. The maximum absolute atomic E-state index is 5.58. The number of fused-ring (bicyclic) bond motifs is 1. The van der Waals surface area contributed by atoms with Gasteiger partial charge in [-0.15, -0.1) is 0 Å². The van der Waals surface area contributed by atoms with E-state index >= 15 is 0 Å². The molecule has 0 aromatic heterocycles. The Bertz CT molecular complexity index is 365. The zero-order chi connectivity index (χ0) is 11.9. The number of nitrogens with one attached hydrogen (secondary N) is 1. The van der Waals surface area contributed by atoms with E-state index in [1.165, 1.54) is 17.4 Å². The highest BCUT2D eigenvalue weighted by Gasteiger charge is 2.19. The van der Waals surface area contributed by atoms with Gasteiger partial charge in [-0.25, -0.2) is 0 Å². The van der Waals surface area contributed by atoms with Crippen LogP contribution >= 0.6 is 0 Å². The Morgan fingerprint density at radius 3 is 3.24 bits per heavy atom. The first-order valence-corrected chi connectivity index (χ1v) is 6.03. The van der Waals surface area contributed by atoms with E-state index in [2.05, 4.69) is 36.2 Å². The average Bonchev–Trinajstić information content (AvgIpc) is 2.39. The number of benzene rings is 1. The van der Waals surface area contributed by atoms with Crippen LogP contribution in [0.25, 0.3) is 0 Å². The maximum Gasteiger partial charge on any atom is 0.0885 e. The van der Waals surface area contributed by atoms with Gasteiger partial charge in [-0.3, -0.25) is 0 Å². The molecule has 0 radical (unpaired) electrons. The number of rotatable bonds is 6. The van der Waals surface area contributed by atoms with Crippen LogP contribution in [-0.2, 0) is 16.1 Å². The average molecular weight is 233 g/mol. The summed E-state index contributed by atoms with van der Waals surface area (Å²) >= 11 is 0. The molecular formula is C14H19NO2. The van der Waals surface area contributed by atoms with Gasteiger partial charge >= 0.3 is 0 Å². The van der Waals surface area contributed by atoms with E-state index in [-0.39, 0.29) is 0 Å². The van der Waals surface area contributed by atoms with Crippen molar-refractivity contribution in [3.05, 3.63) is 48.2 Å². The van der Waals surface area contributed by atoms with Crippen LogP contribution in [0.15, 0.2) is 37.1 Å². The topological polar surface area (TPSA) is 30.5 Å². The molecule has 1 aliphatic rings. The molecule has 1 N–H and O–H groups in total. The molecule has 92 valence electrons. The van der Waals surface area contributed by atoms with Crippen LogP contribution in [0.1, 0.15) is 23.6 Å². The fraction of sp³-hybridized carbons (Fsp3) is 0.429. The summed E-state index contributed by atoms with van der Waals surface area (Å²) in [6.45, 7) is 6.64. The number of hydrogen-bond acceptors (Lipinski definition) is 3.